The number of amides is 2. The van der Waals surface area contributed by atoms with Gasteiger partial charge in [0.25, 0.3) is 0 Å². The van der Waals surface area contributed by atoms with Crippen LogP contribution in [-0.2, 0) is 16.0 Å². The van der Waals surface area contributed by atoms with Gasteiger partial charge in [0.05, 0.1) is 6.42 Å². The zero-order chi connectivity index (χ0) is 21.8. The maximum Gasteiger partial charge on any atom is 0.247 e. The number of ether oxygens (including phenoxy) is 2. The number of carbonyl (C=O) groups is 2. The molecule has 0 spiro atoms. The Morgan fingerprint density at radius 3 is 2.48 bits per heavy atom. The average Bonchev–Trinajstić information content (AvgIpc) is 2.77. The molecule has 2 amide bonds. The monoisotopic (exact) mass is 418 g/mol. The summed E-state index contributed by atoms with van der Waals surface area (Å²) in [6.07, 6.45) is 0.210. The van der Waals surface area contributed by atoms with Gasteiger partial charge in [0.15, 0.2) is 11.5 Å². The number of hydrogen-bond acceptors (Lipinski definition) is 4. The van der Waals surface area contributed by atoms with Crippen molar-refractivity contribution in [3.63, 3.8) is 0 Å². The quantitative estimate of drug-likeness (QED) is 0.636. The first-order valence-electron chi connectivity index (χ1n) is 10.5. The second-order valence-corrected chi connectivity index (χ2v) is 7.95. The fourth-order valence-corrected chi connectivity index (χ4v) is 3.72. The molecule has 3 aromatic rings. The van der Waals surface area contributed by atoms with E-state index in [2.05, 4.69) is 10.6 Å². The van der Waals surface area contributed by atoms with Crippen molar-refractivity contribution >= 4 is 28.3 Å². The molecule has 0 aliphatic carbocycles. The van der Waals surface area contributed by atoms with Crippen molar-refractivity contribution < 1.29 is 19.1 Å². The number of fused-ring (bicyclic) bond motifs is 2. The molecule has 1 aliphatic rings. The second-order valence-electron chi connectivity index (χ2n) is 7.95. The van der Waals surface area contributed by atoms with Crippen LogP contribution in [0.25, 0.3) is 10.8 Å². The number of anilines is 1. The van der Waals surface area contributed by atoms with E-state index >= 15 is 0 Å². The van der Waals surface area contributed by atoms with Crippen LogP contribution in [0, 0.1) is 5.92 Å². The summed E-state index contributed by atoms with van der Waals surface area (Å²) in [6, 6.07) is 18.5. The van der Waals surface area contributed by atoms with Crippen LogP contribution in [0.5, 0.6) is 11.5 Å². The lowest BCUT2D eigenvalue weighted by molar-refractivity contribution is -0.127. The number of hydrogen-bond donors (Lipinski definition) is 2. The van der Waals surface area contributed by atoms with Gasteiger partial charge in [-0.25, -0.2) is 0 Å². The van der Waals surface area contributed by atoms with E-state index in [1.165, 1.54) is 0 Å². The molecule has 160 valence electrons. The second kappa shape index (κ2) is 9.08. The highest BCUT2D eigenvalue weighted by molar-refractivity contribution is 5.98. The van der Waals surface area contributed by atoms with Crippen molar-refractivity contribution in [1.82, 2.24) is 5.32 Å². The molecule has 0 fully saturated rings. The molecule has 1 atom stereocenters. The molecule has 2 N–H and O–H groups in total. The first-order valence-corrected chi connectivity index (χ1v) is 10.5. The van der Waals surface area contributed by atoms with E-state index in [4.69, 9.17) is 9.47 Å². The van der Waals surface area contributed by atoms with Gasteiger partial charge in [-0.15, -0.1) is 0 Å². The molecule has 0 saturated carbocycles. The van der Waals surface area contributed by atoms with Crippen LogP contribution in [-0.4, -0.2) is 31.1 Å². The Kier molecular flexibility index (Phi) is 6.07. The number of benzene rings is 3. The van der Waals surface area contributed by atoms with E-state index in [0.717, 1.165) is 16.3 Å². The minimum atomic E-state index is -0.657. The lowest BCUT2D eigenvalue weighted by Gasteiger charge is -2.23. The van der Waals surface area contributed by atoms with Gasteiger partial charge >= 0.3 is 0 Å². The number of rotatable bonds is 6. The molecular formula is C25H26N2O4. The maximum absolute atomic E-state index is 12.9. The van der Waals surface area contributed by atoms with E-state index in [0.29, 0.717) is 30.4 Å². The number of nitrogens with one attached hydrogen (secondary N) is 2. The highest BCUT2D eigenvalue weighted by atomic mass is 16.6. The SMILES string of the molecule is CC(C)[C@H](NC(=O)Cc1cccc2ccccc12)C(=O)Nc1ccc2c(c1)OCCO2. The van der Waals surface area contributed by atoms with Crippen LogP contribution >= 0.6 is 0 Å². The third-order valence-electron chi connectivity index (χ3n) is 5.31. The van der Waals surface area contributed by atoms with Crippen LogP contribution in [0.2, 0.25) is 0 Å². The van der Waals surface area contributed by atoms with Crippen molar-refractivity contribution in [2.24, 2.45) is 5.92 Å². The van der Waals surface area contributed by atoms with Gasteiger partial charge in [0.1, 0.15) is 19.3 Å². The van der Waals surface area contributed by atoms with Gasteiger partial charge in [0, 0.05) is 11.8 Å². The highest BCUT2D eigenvalue weighted by Crippen LogP contribution is 2.32. The predicted molar refractivity (Wildman–Crippen MR) is 120 cm³/mol. The summed E-state index contributed by atoms with van der Waals surface area (Å²) in [5, 5.41) is 7.92. The largest absolute Gasteiger partial charge is 0.486 e. The summed E-state index contributed by atoms with van der Waals surface area (Å²) in [7, 11) is 0. The molecule has 0 aromatic heterocycles. The summed E-state index contributed by atoms with van der Waals surface area (Å²) in [5.41, 5.74) is 1.54. The third kappa shape index (κ3) is 4.79. The molecule has 0 bridgehead atoms. The van der Waals surface area contributed by atoms with Gasteiger partial charge < -0.3 is 20.1 Å². The first-order chi connectivity index (χ1) is 15.0. The van der Waals surface area contributed by atoms with Gasteiger partial charge in [-0.1, -0.05) is 56.3 Å². The van der Waals surface area contributed by atoms with E-state index in [-0.39, 0.29) is 24.2 Å². The number of carbonyl (C=O) groups excluding carboxylic acids is 2. The van der Waals surface area contributed by atoms with Gasteiger partial charge in [-0.3, -0.25) is 9.59 Å². The first kappa shape index (κ1) is 20.7. The standard InChI is InChI=1S/C25H26N2O4/c1-16(2)24(25(29)26-19-10-11-21-22(15-19)31-13-12-30-21)27-23(28)14-18-8-5-7-17-6-3-4-9-20(17)18/h3-11,15-16,24H,12-14H2,1-2H3,(H,26,29)(H,27,28)/t24-/m0/s1. The van der Waals surface area contributed by atoms with Crippen molar-refractivity contribution in [2.75, 3.05) is 18.5 Å². The van der Waals surface area contributed by atoms with Crippen LogP contribution in [0.15, 0.2) is 60.7 Å². The minimum Gasteiger partial charge on any atom is -0.486 e. The van der Waals surface area contributed by atoms with Gasteiger partial charge in [-0.2, -0.15) is 0 Å². The zero-order valence-electron chi connectivity index (χ0n) is 17.7. The topological polar surface area (TPSA) is 76.7 Å². The third-order valence-corrected chi connectivity index (χ3v) is 5.31. The van der Waals surface area contributed by atoms with E-state index in [9.17, 15) is 9.59 Å². The predicted octanol–water partition coefficient (Wildman–Crippen LogP) is 3.93. The molecule has 3 aromatic carbocycles. The Bertz CT molecular complexity index is 1100. The Balaban J connectivity index is 1.44. The van der Waals surface area contributed by atoms with Crippen molar-refractivity contribution in [3.8, 4) is 11.5 Å². The molecule has 4 rings (SSSR count). The summed E-state index contributed by atoms with van der Waals surface area (Å²) in [5.74, 6) is 0.734. The maximum atomic E-state index is 12.9. The van der Waals surface area contributed by atoms with Crippen molar-refractivity contribution in [1.29, 1.82) is 0 Å². The summed E-state index contributed by atoms with van der Waals surface area (Å²) in [4.78, 5) is 25.7. The lowest BCUT2D eigenvalue weighted by atomic mass is 10.00. The van der Waals surface area contributed by atoms with Gasteiger partial charge in [0.2, 0.25) is 11.8 Å². The Morgan fingerprint density at radius 2 is 1.68 bits per heavy atom. The molecule has 0 saturated heterocycles. The van der Waals surface area contributed by atoms with E-state index in [1.807, 2.05) is 56.3 Å². The van der Waals surface area contributed by atoms with Crippen molar-refractivity contribution in [3.05, 3.63) is 66.2 Å². The van der Waals surface area contributed by atoms with Crippen LogP contribution in [0.4, 0.5) is 5.69 Å². The molecule has 0 unspecified atom stereocenters. The fraction of sp³-hybridized carbons (Fsp3) is 0.280. The lowest BCUT2D eigenvalue weighted by Crippen LogP contribution is -2.47. The van der Waals surface area contributed by atoms with Gasteiger partial charge in [-0.05, 0) is 34.4 Å². The van der Waals surface area contributed by atoms with Crippen LogP contribution in [0.3, 0.4) is 0 Å². The average molecular weight is 418 g/mol. The minimum absolute atomic E-state index is 0.0753. The van der Waals surface area contributed by atoms with E-state index in [1.54, 1.807) is 18.2 Å². The summed E-state index contributed by atoms with van der Waals surface area (Å²) in [6.45, 7) is 4.80. The zero-order valence-corrected chi connectivity index (χ0v) is 17.7. The molecule has 1 heterocycles. The Labute approximate surface area is 181 Å². The van der Waals surface area contributed by atoms with Crippen molar-refractivity contribution in [2.45, 2.75) is 26.3 Å². The van der Waals surface area contributed by atoms with E-state index < -0.39 is 6.04 Å². The summed E-state index contributed by atoms with van der Waals surface area (Å²) < 4.78 is 11.1. The Hall–Kier alpha value is -3.54. The molecule has 6 heteroatoms. The molecule has 1 aliphatic heterocycles. The molecular weight excluding hydrogens is 392 g/mol. The van der Waals surface area contributed by atoms with Crippen LogP contribution < -0.4 is 20.1 Å². The smallest absolute Gasteiger partial charge is 0.247 e. The molecule has 0 radical (unpaired) electrons. The van der Waals surface area contributed by atoms with Crippen LogP contribution in [0.1, 0.15) is 19.4 Å². The normalized spacial score (nSPS) is 13.6. The highest BCUT2D eigenvalue weighted by Gasteiger charge is 2.25. The molecule has 6 nitrogen and oxygen atoms in total. The molecule has 31 heavy (non-hydrogen) atoms. The Morgan fingerprint density at radius 1 is 0.935 bits per heavy atom. The fourth-order valence-electron chi connectivity index (χ4n) is 3.72. The summed E-state index contributed by atoms with van der Waals surface area (Å²) >= 11 is 0.